The van der Waals surface area contributed by atoms with E-state index in [1.165, 1.54) is 0 Å². The van der Waals surface area contributed by atoms with Gasteiger partial charge in [0.2, 0.25) is 5.91 Å². The standard InChI is InChI=1S/C19H24BrN3O4S/c1-12(2)6-9-27-16(24)11-15-18(26)21-7-8-23(15)19(28)22-17(25)13-4-3-5-14(20)10-13/h3-5,10,12,15H,6-9,11H2,1-2H3,(H,21,26)(H,22,25,28). The average molecular weight is 470 g/mol. The Kier molecular flexibility index (Phi) is 8.37. The Bertz CT molecular complexity index is 756. The second-order valence-electron chi connectivity index (χ2n) is 6.88. The second-order valence-corrected chi connectivity index (χ2v) is 8.18. The number of hydrogen-bond acceptors (Lipinski definition) is 5. The van der Waals surface area contributed by atoms with Crippen LogP contribution < -0.4 is 10.6 Å². The third-order valence-corrected chi connectivity index (χ3v) is 5.05. The molecule has 9 heteroatoms. The van der Waals surface area contributed by atoms with E-state index in [4.69, 9.17) is 17.0 Å². The van der Waals surface area contributed by atoms with Crippen molar-refractivity contribution in [2.45, 2.75) is 32.7 Å². The lowest BCUT2D eigenvalue weighted by atomic mass is 10.1. The number of esters is 1. The molecule has 0 saturated carbocycles. The van der Waals surface area contributed by atoms with Gasteiger partial charge in [-0.1, -0.05) is 35.8 Å². The first-order valence-corrected chi connectivity index (χ1v) is 10.3. The van der Waals surface area contributed by atoms with Crippen molar-refractivity contribution >= 4 is 51.0 Å². The number of piperazine rings is 1. The maximum Gasteiger partial charge on any atom is 0.308 e. The minimum Gasteiger partial charge on any atom is -0.466 e. The first-order valence-electron chi connectivity index (χ1n) is 9.08. The van der Waals surface area contributed by atoms with Crippen LogP contribution in [0, 0.1) is 5.92 Å². The van der Waals surface area contributed by atoms with Gasteiger partial charge in [-0.05, 0) is 42.8 Å². The van der Waals surface area contributed by atoms with E-state index in [9.17, 15) is 14.4 Å². The van der Waals surface area contributed by atoms with Gasteiger partial charge in [-0.2, -0.15) is 0 Å². The molecule has 0 aromatic heterocycles. The van der Waals surface area contributed by atoms with Crippen LogP contribution in [0.2, 0.25) is 0 Å². The Hall–Kier alpha value is -2.00. The predicted octanol–water partition coefficient (Wildman–Crippen LogP) is 2.24. The number of nitrogens with zero attached hydrogens (tertiary/aromatic N) is 1. The normalized spacial score (nSPS) is 16.5. The number of carbonyl (C=O) groups is 3. The SMILES string of the molecule is CC(C)CCOC(=O)CC1C(=O)NCCN1C(=S)NC(=O)c1cccc(Br)c1. The van der Waals surface area contributed by atoms with Crippen LogP contribution in [-0.2, 0) is 14.3 Å². The van der Waals surface area contributed by atoms with Gasteiger partial charge in [0.05, 0.1) is 13.0 Å². The number of thiocarbonyl (C=S) groups is 1. The molecule has 1 aromatic rings. The van der Waals surface area contributed by atoms with E-state index in [0.29, 0.717) is 31.2 Å². The molecule has 1 aliphatic heterocycles. The first kappa shape index (κ1) is 22.3. The van der Waals surface area contributed by atoms with Gasteiger partial charge < -0.3 is 15.0 Å². The number of amides is 2. The number of nitrogens with one attached hydrogen (secondary N) is 2. The summed E-state index contributed by atoms with van der Waals surface area (Å²) in [6, 6.07) is 6.08. The summed E-state index contributed by atoms with van der Waals surface area (Å²) >= 11 is 8.66. The first-order chi connectivity index (χ1) is 13.3. The smallest absolute Gasteiger partial charge is 0.308 e. The van der Waals surface area contributed by atoms with Crippen LogP contribution >= 0.6 is 28.1 Å². The van der Waals surface area contributed by atoms with Crippen molar-refractivity contribution in [2.75, 3.05) is 19.7 Å². The molecule has 0 bridgehead atoms. The van der Waals surface area contributed by atoms with E-state index in [0.717, 1.165) is 10.9 Å². The summed E-state index contributed by atoms with van der Waals surface area (Å²) in [4.78, 5) is 38.4. The third kappa shape index (κ3) is 6.56. The number of rotatable bonds is 6. The van der Waals surface area contributed by atoms with Gasteiger partial charge in [-0.15, -0.1) is 0 Å². The number of hydrogen-bond donors (Lipinski definition) is 2. The van der Waals surface area contributed by atoms with E-state index in [1.807, 2.05) is 19.9 Å². The Balaban J connectivity index is 1.99. The van der Waals surface area contributed by atoms with Crippen molar-refractivity contribution in [2.24, 2.45) is 5.92 Å². The van der Waals surface area contributed by atoms with Gasteiger partial charge in [-0.25, -0.2) is 0 Å². The lowest BCUT2D eigenvalue weighted by Gasteiger charge is -2.36. The zero-order valence-electron chi connectivity index (χ0n) is 15.9. The van der Waals surface area contributed by atoms with Gasteiger partial charge in [0.15, 0.2) is 5.11 Å². The monoisotopic (exact) mass is 469 g/mol. The maximum absolute atomic E-state index is 12.4. The molecule has 1 aliphatic rings. The zero-order valence-corrected chi connectivity index (χ0v) is 18.3. The van der Waals surface area contributed by atoms with Crippen LogP contribution in [0.15, 0.2) is 28.7 Å². The van der Waals surface area contributed by atoms with Gasteiger partial charge in [0, 0.05) is 23.1 Å². The molecule has 152 valence electrons. The molecular formula is C19H24BrN3O4S. The summed E-state index contributed by atoms with van der Waals surface area (Å²) in [7, 11) is 0. The second kappa shape index (κ2) is 10.5. The molecule has 1 aromatic carbocycles. The van der Waals surface area contributed by atoms with Crippen LogP contribution in [0.25, 0.3) is 0 Å². The Labute approximate surface area is 178 Å². The molecule has 1 unspecified atom stereocenters. The molecule has 1 heterocycles. The van der Waals surface area contributed by atoms with Crippen molar-refractivity contribution in [3.05, 3.63) is 34.3 Å². The fourth-order valence-corrected chi connectivity index (χ4v) is 3.37. The fraction of sp³-hybridized carbons (Fsp3) is 0.474. The molecule has 1 saturated heterocycles. The molecule has 2 rings (SSSR count). The highest BCUT2D eigenvalue weighted by Gasteiger charge is 2.34. The van der Waals surface area contributed by atoms with Gasteiger partial charge in [-0.3, -0.25) is 19.7 Å². The van der Waals surface area contributed by atoms with E-state index in [2.05, 4.69) is 26.6 Å². The molecule has 28 heavy (non-hydrogen) atoms. The van der Waals surface area contributed by atoms with E-state index < -0.39 is 12.0 Å². The molecule has 1 fully saturated rings. The molecule has 0 radical (unpaired) electrons. The zero-order chi connectivity index (χ0) is 20.7. The topological polar surface area (TPSA) is 87.7 Å². The number of benzene rings is 1. The highest BCUT2D eigenvalue weighted by molar-refractivity contribution is 9.10. The highest BCUT2D eigenvalue weighted by Crippen LogP contribution is 2.14. The average Bonchev–Trinajstić information content (AvgIpc) is 2.63. The Morgan fingerprint density at radius 2 is 2.18 bits per heavy atom. The third-order valence-electron chi connectivity index (χ3n) is 4.22. The van der Waals surface area contributed by atoms with Crippen LogP contribution in [0.5, 0.6) is 0 Å². The number of ether oxygens (including phenoxy) is 1. The van der Waals surface area contributed by atoms with E-state index >= 15 is 0 Å². The summed E-state index contributed by atoms with van der Waals surface area (Å²) in [6.07, 6.45) is 0.629. The van der Waals surface area contributed by atoms with Crippen LogP contribution in [0.1, 0.15) is 37.0 Å². The van der Waals surface area contributed by atoms with E-state index in [1.54, 1.807) is 23.1 Å². The van der Waals surface area contributed by atoms with Crippen LogP contribution in [0.3, 0.4) is 0 Å². The van der Waals surface area contributed by atoms with Crippen molar-refractivity contribution < 1.29 is 19.1 Å². The molecule has 1 atom stereocenters. The van der Waals surface area contributed by atoms with Gasteiger partial charge in [0.1, 0.15) is 6.04 Å². The summed E-state index contributed by atoms with van der Waals surface area (Å²) in [5.41, 5.74) is 0.433. The Morgan fingerprint density at radius 3 is 2.86 bits per heavy atom. The molecule has 7 nitrogen and oxygen atoms in total. The molecular weight excluding hydrogens is 446 g/mol. The van der Waals surface area contributed by atoms with Crippen LogP contribution in [0.4, 0.5) is 0 Å². The molecule has 0 spiro atoms. The molecule has 0 aliphatic carbocycles. The van der Waals surface area contributed by atoms with Crippen molar-refractivity contribution in [3.8, 4) is 0 Å². The molecule has 2 N–H and O–H groups in total. The quantitative estimate of drug-likeness (QED) is 0.490. The Morgan fingerprint density at radius 1 is 1.43 bits per heavy atom. The van der Waals surface area contributed by atoms with Gasteiger partial charge in [0.25, 0.3) is 5.91 Å². The van der Waals surface area contributed by atoms with Crippen molar-refractivity contribution in [1.82, 2.24) is 15.5 Å². The van der Waals surface area contributed by atoms with Gasteiger partial charge >= 0.3 is 5.97 Å². The maximum atomic E-state index is 12.4. The number of carbonyl (C=O) groups excluding carboxylic acids is 3. The number of halogens is 1. The van der Waals surface area contributed by atoms with Crippen molar-refractivity contribution in [1.29, 1.82) is 0 Å². The minimum atomic E-state index is -0.810. The van der Waals surface area contributed by atoms with Crippen LogP contribution in [-0.4, -0.2) is 53.5 Å². The molecule has 2 amide bonds. The lowest BCUT2D eigenvalue weighted by molar-refractivity contribution is -0.147. The minimum absolute atomic E-state index is 0.111. The summed E-state index contributed by atoms with van der Waals surface area (Å²) in [6.45, 7) is 5.17. The van der Waals surface area contributed by atoms with Crippen molar-refractivity contribution in [3.63, 3.8) is 0 Å². The fourth-order valence-electron chi connectivity index (χ4n) is 2.66. The highest BCUT2D eigenvalue weighted by atomic mass is 79.9. The lowest BCUT2D eigenvalue weighted by Crippen LogP contribution is -2.60. The van der Waals surface area contributed by atoms with E-state index in [-0.39, 0.29) is 23.3 Å². The predicted molar refractivity (Wildman–Crippen MR) is 113 cm³/mol. The summed E-state index contributed by atoms with van der Waals surface area (Å²) in [5.74, 6) is -0.737. The summed E-state index contributed by atoms with van der Waals surface area (Å²) < 4.78 is 5.98. The summed E-state index contributed by atoms with van der Waals surface area (Å²) in [5, 5.41) is 5.47. The largest absolute Gasteiger partial charge is 0.466 e.